The number of aryl methyl sites for hydroxylation is 1. The standard InChI is InChI=1S/C24H28F2N4O2/c1-14(2)24(4)11-21(31)30(23(27)29-24)13-16-9-8-15(3)17(10-16)22(32)28-12-18-19(25)6-5-7-20(18)26/h5-10,14H,11-13H2,1-4H3,(H2,27,29)(H,28,32). The number of aliphatic imine (C=N–C) groups is 1. The van der Waals surface area contributed by atoms with E-state index in [0.717, 1.165) is 12.1 Å². The summed E-state index contributed by atoms with van der Waals surface area (Å²) in [6.45, 7) is 7.56. The van der Waals surface area contributed by atoms with Crippen LogP contribution in [0.1, 0.15) is 54.2 Å². The summed E-state index contributed by atoms with van der Waals surface area (Å²) in [6, 6.07) is 8.77. The van der Waals surface area contributed by atoms with Crippen molar-refractivity contribution in [2.75, 3.05) is 0 Å². The van der Waals surface area contributed by atoms with Crippen LogP contribution in [-0.4, -0.2) is 28.2 Å². The molecule has 1 heterocycles. The Kier molecular flexibility index (Phi) is 6.62. The molecule has 0 aromatic heterocycles. The third kappa shape index (κ3) is 4.79. The topological polar surface area (TPSA) is 87.8 Å². The lowest BCUT2D eigenvalue weighted by Crippen LogP contribution is -2.51. The van der Waals surface area contributed by atoms with Gasteiger partial charge >= 0.3 is 0 Å². The van der Waals surface area contributed by atoms with Gasteiger partial charge in [-0.25, -0.2) is 13.8 Å². The van der Waals surface area contributed by atoms with Crippen LogP contribution in [0, 0.1) is 24.5 Å². The molecule has 32 heavy (non-hydrogen) atoms. The van der Waals surface area contributed by atoms with E-state index in [-0.39, 0.29) is 42.9 Å². The van der Waals surface area contributed by atoms with Gasteiger partial charge in [-0.2, -0.15) is 0 Å². The summed E-state index contributed by atoms with van der Waals surface area (Å²) in [6.07, 6.45) is 0.249. The molecule has 0 saturated heterocycles. The van der Waals surface area contributed by atoms with Gasteiger partial charge in [0.25, 0.3) is 5.91 Å². The van der Waals surface area contributed by atoms with Gasteiger partial charge in [-0.3, -0.25) is 14.5 Å². The van der Waals surface area contributed by atoms with Crippen LogP contribution in [0.3, 0.4) is 0 Å². The highest BCUT2D eigenvalue weighted by molar-refractivity contribution is 5.99. The summed E-state index contributed by atoms with van der Waals surface area (Å²) in [4.78, 5) is 31.4. The van der Waals surface area contributed by atoms with Crippen LogP contribution in [0.4, 0.5) is 8.78 Å². The molecule has 0 spiro atoms. The van der Waals surface area contributed by atoms with Crippen molar-refractivity contribution in [3.8, 4) is 0 Å². The highest BCUT2D eigenvalue weighted by Crippen LogP contribution is 2.30. The zero-order valence-electron chi connectivity index (χ0n) is 18.7. The van der Waals surface area contributed by atoms with E-state index >= 15 is 0 Å². The molecule has 0 aliphatic carbocycles. The fraction of sp³-hybridized carbons (Fsp3) is 0.375. The number of benzene rings is 2. The SMILES string of the molecule is Cc1ccc(CN2C(=O)CC(C)(C(C)C)N=C2N)cc1C(=O)NCc1c(F)cccc1F. The third-order valence-electron chi connectivity index (χ3n) is 6.08. The van der Waals surface area contributed by atoms with Gasteiger partial charge in [0.05, 0.1) is 18.5 Å². The highest BCUT2D eigenvalue weighted by atomic mass is 19.1. The fourth-order valence-corrected chi connectivity index (χ4v) is 3.55. The van der Waals surface area contributed by atoms with Crippen molar-refractivity contribution in [2.45, 2.75) is 52.7 Å². The maximum atomic E-state index is 13.8. The molecule has 8 heteroatoms. The molecule has 3 rings (SSSR count). The number of carbonyl (C=O) groups excluding carboxylic acids is 2. The minimum atomic E-state index is -0.720. The summed E-state index contributed by atoms with van der Waals surface area (Å²) in [5, 5.41) is 2.56. The van der Waals surface area contributed by atoms with Crippen molar-refractivity contribution < 1.29 is 18.4 Å². The second-order valence-electron chi connectivity index (χ2n) is 8.67. The van der Waals surface area contributed by atoms with Crippen LogP contribution in [-0.2, 0) is 17.9 Å². The molecule has 0 fully saturated rings. The minimum absolute atomic E-state index is 0.129. The maximum absolute atomic E-state index is 13.8. The summed E-state index contributed by atoms with van der Waals surface area (Å²) in [5.41, 5.74) is 7.10. The molecule has 2 aromatic rings. The Balaban J connectivity index is 1.77. The van der Waals surface area contributed by atoms with E-state index in [1.807, 2.05) is 20.8 Å². The summed E-state index contributed by atoms with van der Waals surface area (Å²) >= 11 is 0. The van der Waals surface area contributed by atoms with Gasteiger partial charge in [-0.05, 0) is 49.1 Å². The number of hydrogen-bond donors (Lipinski definition) is 2. The van der Waals surface area contributed by atoms with Crippen LogP contribution in [0.15, 0.2) is 41.4 Å². The Labute approximate surface area is 186 Å². The van der Waals surface area contributed by atoms with Crippen LogP contribution in [0.25, 0.3) is 0 Å². The zero-order valence-corrected chi connectivity index (χ0v) is 18.7. The van der Waals surface area contributed by atoms with Crippen molar-refractivity contribution in [1.82, 2.24) is 10.2 Å². The Bertz CT molecular complexity index is 1060. The van der Waals surface area contributed by atoms with Gasteiger partial charge in [-0.15, -0.1) is 0 Å². The summed E-state index contributed by atoms with van der Waals surface area (Å²) in [5.74, 6) is -1.73. The fourth-order valence-electron chi connectivity index (χ4n) is 3.55. The van der Waals surface area contributed by atoms with Gasteiger partial charge in [0.1, 0.15) is 11.6 Å². The molecule has 1 unspecified atom stereocenters. The van der Waals surface area contributed by atoms with Crippen LogP contribution < -0.4 is 11.1 Å². The number of guanidine groups is 1. The van der Waals surface area contributed by atoms with Crippen LogP contribution in [0.2, 0.25) is 0 Å². The molecular formula is C24H28F2N4O2. The monoisotopic (exact) mass is 442 g/mol. The Hall–Kier alpha value is -3.29. The second-order valence-corrected chi connectivity index (χ2v) is 8.67. The molecule has 0 saturated carbocycles. The molecule has 170 valence electrons. The second kappa shape index (κ2) is 9.06. The number of amides is 2. The third-order valence-corrected chi connectivity index (χ3v) is 6.08. The average Bonchev–Trinajstić information content (AvgIpc) is 2.71. The number of nitrogens with zero attached hydrogens (tertiary/aromatic N) is 2. The van der Waals surface area contributed by atoms with Gasteiger partial charge < -0.3 is 11.1 Å². The van der Waals surface area contributed by atoms with E-state index in [9.17, 15) is 18.4 Å². The first-order valence-corrected chi connectivity index (χ1v) is 10.5. The molecule has 1 aliphatic rings. The number of nitrogens with two attached hydrogens (primary N) is 1. The molecule has 6 nitrogen and oxygen atoms in total. The molecule has 0 bridgehead atoms. The van der Waals surface area contributed by atoms with Gasteiger partial charge in [0.2, 0.25) is 5.91 Å². The van der Waals surface area contributed by atoms with Crippen molar-refractivity contribution in [1.29, 1.82) is 0 Å². The first kappa shape index (κ1) is 23.4. The largest absolute Gasteiger partial charge is 0.369 e. The van der Waals surface area contributed by atoms with Gasteiger partial charge in [-0.1, -0.05) is 32.0 Å². The lowest BCUT2D eigenvalue weighted by molar-refractivity contribution is -0.130. The molecule has 3 N–H and O–H groups in total. The lowest BCUT2D eigenvalue weighted by Gasteiger charge is -2.37. The number of hydrogen-bond acceptors (Lipinski definition) is 4. The van der Waals surface area contributed by atoms with E-state index in [1.54, 1.807) is 25.1 Å². The number of carbonyl (C=O) groups is 2. The van der Waals surface area contributed by atoms with Crippen LogP contribution >= 0.6 is 0 Å². The quantitative estimate of drug-likeness (QED) is 0.716. The molecule has 1 aliphatic heterocycles. The van der Waals surface area contributed by atoms with Crippen molar-refractivity contribution in [2.24, 2.45) is 16.6 Å². The van der Waals surface area contributed by atoms with Gasteiger partial charge in [0, 0.05) is 17.7 Å². The number of nitrogens with one attached hydrogen (secondary N) is 1. The average molecular weight is 443 g/mol. The first-order valence-electron chi connectivity index (χ1n) is 10.5. The molecule has 1 atom stereocenters. The van der Waals surface area contributed by atoms with E-state index in [4.69, 9.17) is 5.73 Å². The zero-order chi connectivity index (χ0) is 23.6. The molecular weight excluding hydrogens is 414 g/mol. The minimum Gasteiger partial charge on any atom is -0.369 e. The molecule has 2 amide bonds. The normalized spacial score (nSPS) is 18.7. The van der Waals surface area contributed by atoms with E-state index < -0.39 is 23.1 Å². The Morgan fingerprint density at radius 2 is 1.91 bits per heavy atom. The van der Waals surface area contributed by atoms with Crippen molar-refractivity contribution in [3.63, 3.8) is 0 Å². The van der Waals surface area contributed by atoms with Crippen LogP contribution in [0.5, 0.6) is 0 Å². The number of rotatable bonds is 6. The Morgan fingerprint density at radius 3 is 2.50 bits per heavy atom. The van der Waals surface area contributed by atoms with E-state index in [1.165, 1.54) is 11.0 Å². The number of halogens is 2. The summed E-state index contributed by atoms with van der Waals surface area (Å²) < 4.78 is 27.7. The van der Waals surface area contributed by atoms with Crippen molar-refractivity contribution in [3.05, 3.63) is 70.3 Å². The molecule has 2 aromatic carbocycles. The smallest absolute Gasteiger partial charge is 0.251 e. The predicted octanol–water partition coefficient (Wildman–Crippen LogP) is 3.66. The van der Waals surface area contributed by atoms with E-state index in [0.29, 0.717) is 16.7 Å². The van der Waals surface area contributed by atoms with E-state index in [2.05, 4.69) is 10.3 Å². The van der Waals surface area contributed by atoms with Crippen molar-refractivity contribution >= 4 is 17.8 Å². The molecule has 0 radical (unpaired) electrons. The highest BCUT2D eigenvalue weighted by Gasteiger charge is 2.38. The maximum Gasteiger partial charge on any atom is 0.251 e. The summed E-state index contributed by atoms with van der Waals surface area (Å²) in [7, 11) is 0. The Morgan fingerprint density at radius 1 is 1.25 bits per heavy atom. The van der Waals surface area contributed by atoms with Gasteiger partial charge in [0.15, 0.2) is 5.96 Å². The predicted molar refractivity (Wildman–Crippen MR) is 119 cm³/mol. The first-order chi connectivity index (χ1) is 15.0. The lowest BCUT2D eigenvalue weighted by atomic mass is 9.84.